The highest BCUT2D eigenvalue weighted by Crippen LogP contribution is 2.34. The maximum atomic E-state index is 5.47. The number of aromatic nitrogens is 2. The lowest BCUT2D eigenvalue weighted by molar-refractivity contribution is 0.415. The summed E-state index contributed by atoms with van der Waals surface area (Å²) in [5.74, 6) is 1.82. The van der Waals surface area contributed by atoms with Crippen LogP contribution in [0.4, 0.5) is 0 Å². The molecule has 0 radical (unpaired) electrons. The zero-order chi connectivity index (χ0) is 21.4. The molecule has 152 valence electrons. The van der Waals surface area contributed by atoms with E-state index >= 15 is 0 Å². The van der Waals surface area contributed by atoms with Gasteiger partial charge in [0.15, 0.2) is 0 Å². The van der Waals surface area contributed by atoms with Gasteiger partial charge in [0.2, 0.25) is 0 Å². The molecular formula is C28H24N2O. The van der Waals surface area contributed by atoms with Gasteiger partial charge in [0, 0.05) is 22.7 Å². The highest BCUT2D eigenvalue weighted by Gasteiger charge is 2.16. The summed E-state index contributed by atoms with van der Waals surface area (Å²) in [4.78, 5) is 5.14. The lowest BCUT2D eigenvalue weighted by Gasteiger charge is -2.17. The third-order valence-electron chi connectivity index (χ3n) is 5.81. The molecule has 0 aliphatic carbocycles. The molecule has 2 aromatic heterocycles. The smallest absolute Gasteiger partial charge is 0.141 e. The molecule has 0 N–H and O–H groups in total. The Morgan fingerprint density at radius 2 is 1.45 bits per heavy atom. The van der Waals surface area contributed by atoms with Gasteiger partial charge in [0.1, 0.15) is 11.6 Å². The van der Waals surface area contributed by atoms with E-state index in [-0.39, 0.29) is 0 Å². The monoisotopic (exact) mass is 404 g/mol. The van der Waals surface area contributed by atoms with Gasteiger partial charge >= 0.3 is 0 Å². The third-order valence-corrected chi connectivity index (χ3v) is 5.81. The van der Waals surface area contributed by atoms with Gasteiger partial charge in [0.05, 0.1) is 18.3 Å². The van der Waals surface area contributed by atoms with E-state index in [4.69, 9.17) is 9.72 Å². The zero-order valence-corrected chi connectivity index (χ0v) is 18.0. The van der Waals surface area contributed by atoms with Crippen molar-refractivity contribution in [1.29, 1.82) is 0 Å². The average molecular weight is 405 g/mol. The van der Waals surface area contributed by atoms with Crippen molar-refractivity contribution in [2.75, 3.05) is 7.11 Å². The minimum Gasteiger partial charge on any atom is -0.497 e. The van der Waals surface area contributed by atoms with Crippen LogP contribution in [0.15, 0.2) is 91.1 Å². The number of hydrogen-bond donors (Lipinski definition) is 0. The summed E-state index contributed by atoms with van der Waals surface area (Å²) in [5, 5.41) is 1.14. The Kier molecular flexibility index (Phi) is 4.79. The molecule has 31 heavy (non-hydrogen) atoms. The maximum absolute atomic E-state index is 5.47. The lowest BCUT2D eigenvalue weighted by Crippen LogP contribution is -2.03. The van der Waals surface area contributed by atoms with Crippen molar-refractivity contribution >= 4 is 10.9 Å². The maximum Gasteiger partial charge on any atom is 0.141 e. The molecule has 0 aliphatic rings. The van der Waals surface area contributed by atoms with E-state index in [0.717, 1.165) is 44.9 Å². The number of aryl methyl sites for hydroxylation is 1. The van der Waals surface area contributed by atoms with E-state index in [1.54, 1.807) is 7.11 Å². The summed E-state index contributed by atoms with van der Waals surface area (Å²) in [6.45, 7) is 4.28. The van der Waals surface area contributed by atoms with Crippen LogP contribution in [0.3, 0.4) is 0 Å². The summed E-state index contributed by atoms with van der Waals surface area (Å²) in [6.07, 6.45) is 2.11. The fraction of sp³-hybridized carbons (Fsp3) is 0.107. The van der Waals surface area contributed by atoms with E-state index in [9.17, 15) is 0 Å². The first-order valence-corrected chi connectivity index (χ1v) is 10.4. The summed E-state index contributed by atoms with van der Waals surface area (Å²) in [5.41, 5.74) is 7.92. The Bertz CT molecular complexity index is 1370. The second-order valence-corrected chi connectivity index (χ2v) is 7.80. The van der Waals surface area contributed by atoms with Crippen LogP contribution < -0.4 is 4.74 Å². The van der Waals surface area contributed by atoms with E-state index in [1.807, 2.05) is 6.07 Å². The first-order chi connectivity index (χ1) is 15.2. The van der Waals surface area contributed by atoms with Gasteiger partial charge in [-0.1, -0.05) is 60.7 Å². The fourth-order valence-electron chi connectivity index (χ4n) is 4.26. The third kappa shape index (κ3) is 3.38. The Labute approximate surface area is 182 Å². The van der Waals surface area contributed by atoms with Gasteiger partial charge in [-0.25, -0.2) is 4.98 Å². The van der Waals surface area contributed by atoms with Crippen molar-refractivity contribution in [2.24, 2.45) is 0 Å². The molecule has 0 saturated heterocycles. The van der Waals surface area contributed by atoms with Crippen LogP contribution in [0, 0.1) is 13.8 Å². The molecule has 0 saturated carbocycles. The molecular weight excluding hydrogens is 380 g/mol. The predicted molar refractivity (Wildman–Crippen MR) is 128 cm³/mol. The Balaban J connectivity index is 1.80. The zero-order valence-electron chi connectivity index (χ0n) is 18.0. The van der Waals surface area contributed by atoms with Gasteiger partial charge in [-0.3, -0.25) is 0 Å². The SMILES string of the molecule is COc1cc(C)c2c(ccn2-c2nc(-c3ccccc3)cc(-c3ccccc3)c2C)c1. The first kappa shape index (κ1) is 19.1. The van der Waals surface area contributed by atoms with Gasteiger partial charge < -0.3 is 9.30 Å². The number of ether oxygens (including phenoxy) is 1. The van der Waals surface area contributed by atoms with Crippen LogP contribution in [-0.2, 0) is 0 Å². The van der Waals surface area contributed by atoms with Gasteiger partial charge in [-0.15, -0.1) is 0 Å². The van der Waals surface area contributed by atoms with Crippen LogP contribution in [0.25, 0.3) is 39.1 Å². The Morgan fingerprint density at radius 1 is 0.774 bits per heavy atom. The lowest BCUT2D eigenvalue weighted by atomic mass is 9.98. The Morgan fingerprint density at radius 3 is 2.13 bits per heavy atom. The predicted octanol–water partition coefficient (Wildman–Crippen LogP) is 6.98. The van der Waals surface area contributed by atoms with Gasteiger partial charge in [-0.2, -0.15) is 0 Å². The molecule has 3 heteroatoms. The number of hydrogen-bond acceptors (Lipinski definition) is 2. The van der Waals surface area contributed by atoms with Crippen LogP contribution in [0.2, 0.25) is 0 Å². The van der Waals surface area contributed by atoms with Crippen molar-refractivity contribution < 1.29 is 4.74 Å². The number of rotatable bonds is 4. The molecule has 3 aromatic carbocycles. The second-order valence-electron chi connectivity index (χ2n) is 7.80. The van der Waals surface area contributed by atoms with Crippen LogP contribution in [-0.4, -0.2) is 16.7 Å². The van der Waals surface area contributed by atoms with E-state index in [0.29, 0.717) is 0 Å². The molecule has 0 spiro atoms. The minimum absolute atomic E-state index is 0.871. The van der Waals surface area contributed by atoms with Gasteiger partial charge in [-0.05, 0) is 54.8 Å². The standard InChI is InChI=1S/C28H24N2O/c1-19-16-24(31-3)17-23-14-15-30(27(19)23)28-20(2)25(21-10-6-4-7-11-21)18-26(29-28)22-12-8-5-9-13-22/h4-18H,1-3H3. The molecule has 2 heterocycles. The van der Waals surface area contributed by atoms with Crippen LogP contribution >= 0.6 is 0 Å². The second kappa shape index (κ2) is 7.77. The van der Waals surface area contributed by atoms with E-state index < -0.39 is 0 Å². The number of methoxy groups -OCH3 is 1. The largest absolute Gasteiger partial charge is 0.497 e. The molecule has 5 aromatic rings. The molecule has 0 atom stereocenters. The van der Waals surface area contributed by atoms with Gasteiger partial charge in [0.25, 0.3) is 0 Å². The number of fused-ring (bicyclic) bond motifs is 1. The van der Waals surface area contributed by atoms with E-state index in [1.165, 1.54) is 11.1 Å². The highest BCUT2D eigenvalue weighted by molar-refractivity contribution is 5.87. The fourth-order valence-corrected chi connectivity index (χ4v) is 4.26. The summed E-state index contributed by atoms with van der Waals surface area (Å²) >= 11 is 0. The normalized spacial score (nSPS) is 11.1. The van der Waals surface area contributed by atoms with Crippen LogP contribution in [0.5, 0.6) is 5.75 Å². The quantitative estimate of drug-likeness (QED) is 0.323. The number of benzene rings is 3. The van der Waals surface area contributed by atoms with Crippen molar-refractivity contribution in [3.05, 3.63) is 102 Å². The molecule has 0 bridgehead atoms. The van der Waals surface area contributed by atoms with E-state index in [2.05, 4.69) is 103 Å². The summed E-state index contributed by atoms with van der Waals surface area (Å²) in [7, 11) is 1.71. The first-order valence-electron chi connectivity index (χ1n) is 10.4. The molecule has 0 amide bonds. The highest BCUT2D eigenvalue weighted by atomic mass is 16.5. The van der Waals surface area contributed by atoms with Crippen molar-refractivity contribution in [1.82, 2.24) is 9.55 Å². The van der Waals surface area contributed by atoms with Crippen molar-refractivity contribution in [3.8, 4) is 34.0 Å². The Hall–Kier alpha value is -3.85. The summed E-state index contributed by atoms with van der Waals surface area (Å²) < 4.78 is 7.68. The topological polar surface area (TPSA) is 27.1 Å². The van der Waals surface area contributed by atoms with Crippen LogP contribution in [0.1, 0.15) is 11.1 Å². The van der Waals surface area contributed by atoms with Crippen molar-refractivity contribution in [3.63, 3.8) is 0 Å². The molecule has 0 unspecified atom stereocenters. The average Bonchev–Trinajstić information content (AvgIpc) is 3.25. The molecule has 3 nitrogen and oxygen atoms in total. The summed E-state index contributed by atoms with van der Waals surface area (Å²) in [6, 6.07) is 29.4. The number of nitrogens with zero attached hydrogens (tertiary/aromatic N) is 2. The number of pyridine rings is 1. The molecule has 0 fully saturated rings. The molecule has 5 rings (SSSR count). The molecule has 0 aliphatic heterocycles. The van der Waals surface area contributed by atoms with Crippen molar-refractivity contribution in [2.45, 2.75) is 13.8 Å². The minimum atomic E-state index is 0.871.